The van der Waals surface area contributed by atoms with Gasteiger partial charge in [0, 0.05) is 4.88 Å². The lowest BCUT2D eigenvalue weighted by atomic mass is 10.1. The highest BCUT2D eigenvalue weighted by Gasteiger charge is 2.25. The van der Waals surface area contributed by atoms with Crippen LogP contribution in [0.15, 0.2) is 12.1 Å². The van der Waals surface area contributed by atoms with E-state index in [2.05, 4.69) is 0 Å². The van der Waals surface area contributed by atoms with Gasteiger partial charge in [-0.25, -0.2) is 4.79 Å². The van der Waals surface area contributed by atoms with Gasteiger partial charge in [0.2, 0.25) is 5.91 Å². The van der Waals surface area contributed by atoms with E-state index in [1.165, 1.54) is 12.1 Å². The minimum atomic E-state index is -1.69. The zero-order valence-electron chi connectivity index (χ0n) is 9.12. The number of esters is 1. The Balaban J connectivity index is 2.80. The summed E-state index contributed by atoms with van der Waals surface area (Å²) in [6, 6.07) is 2.89. The molecule has 2 atom stereocenters. The summed E-state index contributed by atoms with van der Waals surface area (Å²) < 4.78 is 4.76. The van der Waals surface area contributed by atoms with Crippen LogP contribution in [-0.4, -0.2) is 34.8 Å². The van der Waals surface area contributed by atoms with E-state index >= 15 is 0 Å². The highest BCUT2D eigenvalue weighted by Crippen LogP contribution is 2.26. The third kappa shape index (κ3) is 3.26. The lowest BCUT2D eigenvalue weighted by molar-refractivity contribution is -0.131. The van der Waals surface area contributed by atoms with E-state index in [9.17, 15) is 19.8 Å². The first kappa shape index (κ1) is 13.6. The van der Waals surface area contributed by atoms with Crippen molar-refractivity contribution in [3.63, 3.8) is 0 Å². The van der Waals surface area contributed by atoms with E-state index in [1.807, 2.05) is 0 Å². The second-order valence-corrected chi connectivity index (χ2v) is 4.33. The molecule has 0 aliphatic rings. The summed E-state index contributed by atoms with van der Waals surface area (Å²) in [6.07, 6.45) is -3.12. The van der Waals surface area contributed by atoms with Gasteiger partial charge in [0.25, 0.3) is 0 Å². The molecule has 7 heteroatoms. The number of hydrogen-bond donors (Lipinski definition) is 3. The Morgan fingerprint density at radius 1 is 1.47 bits per heavy atom. The highest BCUT2D eigenvalue weighted by molar-refractivity contribution is 7.14. The van der Waals surface area contributed by atoms with E-state index in [0.29, 0.717) is 0 Å². The molecule has 0 aliphatic heterocycles. The molecule has 4 N–H and O–H groups in total. The second kappa shape index (κ2) is 5.76. The van der Waals surface area contributed by atoms with Crippen LogP contribution >= 0.6 is 11.3 Å². The lowest BCUT2D eigenvalue weighted by Crippen LogP contribution is -2.33. The molecular formula is C10H13NO5S. The number of aliphatic hydroxyl groups excluding tert-OH is 2. The van der Waals surface area contributed by atoms with Crippen molar-refractivity contribution in [3.8, 4) is 0 Å². The molecule has 1 rings (SSSR count). The van der Waals surface area contributed by atoms with Crippen molar-refractivity contribution in [1.29, 1.82) is 0 Å². The fourth-order valence-corrected chi connectivity index (χ4v) is 2.05. The van der Waals surface area contributed by atoms with Crippen molar-refractivity contribution < 1.29 is 24.5 Å². The molecule has 0 radical (unpaired) electrons. The average molecular weight is 259 g/mol. The first-order valence-corrected chi connectivity index (χ1v) is 5.71. The molecule has 1 amide bonds. The first-order chi connectivity index (χ1) is 7.97. The summed E-state index contributed by atoms with van der Waals surface area (Å²) in [7, 11) is 0. The van der Waals surface area contributed by atoms with Gasteiger partial charge >= 0.3 is 5.97 Å². The Kier molecular flexibility index (Phi) is 4.62. The van der Waals surface area contributed by atoms with Gasteiger partial charge in [-0.05, 0) is 19.1 Å². The van der Waals surface area contributed by atoms with Crippen molar-refractivity contribution in [3.05, 3.63) is 21.9 Å². The van der Waals surface area contributed by atoms with Crippen LogP contribution in [0.1, 0.15) is 27.6 Å². The topological polar surface area (TPSA) is 110 Å². The quantitative estimate of drug-likeness (QED) is 0.634. The van der Waals surface area contributed by atoms with E-state index in [-0.39, 0.29) is 16.4 Å². The maximum absolute atomic E-state index is 11.3. The van der Waals surface area contributed by atoms with Gasteiger partial charge < -0.3 is 20.7 Å². The standard InChI is InChI=1S/C10H13NO5S/c1-2-16-10(15)6-4-3-5(17-6)7(12)8(13)9(11)14/h3-4,7-8,12-13H,2H2,1H3,(H2,11,14). The van der Waals surface area contributed by atoms with Gasteiger partial charge in [-0.15, -0.1) is 11.3 Å². The van der Waals surface area contributed by atoms with Crippen LogP contribution in [0.5, 0.6) is 0 Å². The van der Waals surface area contributed by atoms with Crippen molar-refractivity contribution in [2.45, 2.75) is 19.1 Å². The molecule has 1 aromatic heterocycles. The number of hydrogen-bond acceptors (Lipinski definition) is 6. The zero-order valence-corrected chi connectivity index (χ0v) is 9.94. The number of carbonyl (C=O) groups excluding carboxylic acids is 2. The van der Waals surface area contributed by atoms with Crippen molar-refractivity contribution in [2.24, 2.45) is 5.73 Å². The second-order valence-electron chi connectivity index (χ2n) is 3.21. The maximum atomic E-state index is 11.3. The summed E-state index contributed by atoms with van der Waals surface area (Å²) in [5.41, 5.74) is 4.85. The van der Waals surface area contributed by atoms with Gasteiger partial charge in [0.05, 0.1) is 6.61 Å². The van der Waals surface area contributed by atoms with Crippen LogP contribution in [-0.2, 0) is 9.53 Å². The summed E-state index contributed by atoms with van der Waals surface area (Å²) in [5, 5.41) is 18.9. The Hall–Kier alpha value is -1.44. The van der Waals surface area contributed by atoms with Crippen LogP contribution in [0.2, 0.25) is 0 Å². The molecule has 6 nitrogen and oxygen atoms in total. The molecule has 0 spiro atoms. The van der Waals surface area contributed by atoms with Crippen LogP contribution < -0.4 is 5.73 Å². The van der Waals surface area contributed by atoms with E-state index in [4.69, 9.17) is 10.5 Å². The predicted octanol–water partition coefficient (Wildman–Crippen LogP) is -0.196. The number of aliphatic hydroxyl groups is 2. The number of carbonyl (C=O) groups is 2. The zero-order chi connectivity index (χ0) is 13.0. The summed E-state index contributed by atoms with van der Waals surface area (Å²) in [6.45, 7) is 1.93. The number of primary amides is 1. The van der Waals surface area contributed by atoms with E-state index in [1.54, 1.807) is 6.92 Å². The third-order valence-corrected chi connectivity index (χ3v) is 3.12. The minimum absolute atomic E-state index is 0.249. The molecule has 0 aliphatic carbocycles. The highest BCUT2D eigenvalue weighted by atomic mass is 32.1. The lowest BCUT2D eigenvalue weighted by Gasteiger charge is -2.12. The third-order valence-electron chi connectivity index (χ3n) is 1.99. The summed E-state index contributed by atoms with van der Waals surface area (Å²) >= 11 is 0.942. The molecule has 94 valence electrons. The predicted molar refractivity (Wildman–Crippen MR) is 60.4 cm³/mol. The number of thiophene rings is 1. The van der Waals surface area contributed by atoms with Gasteiger partial charge in [0.15, 0.2) is 6.10 Å². The molecule has 0 saturated carbocycles. The van der Waals surface area contributed by atoms with Gasteiger partial charge in [-0.1, -0.05) is 0 Å². The van der Waals surface area contributed by atoms with Crippen molar-refractivity contribution >= 4 is 23.2 Å². The summed E-state index contributed by atoms with van der Waals surface area (Å²) in [5.74, 6) is -1.53. The fraction of sp³-hybridized carbons (Fsp3) is 0.400. The SMILES string of the molecule is CCOC(=O)c1ccc(C(O)C(O)C(N)=O)s1. The summed E-state index contributed by atoms with van der Waals surface area (Å²) in [4.78, 5) is 22.6. The van der Waals surface area contributed by atoms with Crippen molar-refractivity contribution in [2.75, 3.05) is 6.61 Å². The fourth-order valence-electron chi connectivity index (χ4n) is 1.13. The largest absolute Gasteiger partial charge is 0.462 e. The normalized spacial score (nSPS) is 14.1. The molecule has 0 fully saturated rings. The Morgan fingerprint density at radius 2 is 2.12 bits per heavy atom. The minimum Gasteiger partial charge on any atom is -0.462 e. The number of rotatable bonds is 5. The first-order valence-electron chi connectivity index (χ1n) is 4.89. The smallest absolute Gasteiger partial charge is 0.348 e. The molecule has 0 aromatic carbocycles. The molecule has 1 aromatic rings. The maximum Gasteiger partial charge on any atom is 0.348 e. The number of amides is 1. The Morgan fingerprint density at radius 3 is 2.65 bits per heavy atom. The Labute approximate surface area is 102 Å². The van der Waals surface area contributed by atoms with Gasteiger partial charge in [0.1, 0.15) is 11.0 Å². The van der Waals surface area contributed by atoms with Gasteiger partial charge in [-0.3, -0.25) is 4.79 Å². The molecule has 0 bridgehead atoms. The molecule has 1 heterocycles. The van der Waals surface area contributed by atoms with E-state index < -0.39 is 24.1 Å². The van der Waals surface area contributed by atoms with E-state index in [0.717, 1.165) is 11.3 Å². The van der Waals surface area contributed by atoms with Crippen molar-refractivity contribution in [1.82, 2.24) is 0 Å². The van der Waals surface area contributed by atoms with Crippen LogP contribution in [0, 0.1) is 0 Å². The molecular weight excluding hydrogens is 246 g/mol. The molecule has 0 saturated heterocycles. The number of ether oxygens (including phenoxy) is 1. The molecule has 17 heavy (non-hydrogen) atoms. The Bertz CT molecular complexity index is 417. The monoisotopic (exact) mass is 259 g/mol. The number of nitrogens with two attached hydrogens (primary N) is 1. The average Bonchev–Trinajstić information content (AvgIpc) is 2.76. The van der Waals surface area contributed by atoms with Gasteiger partial charge in [-0.2, -0.15) is 0 Å². The van der Waals surface area contributed by atoms with Crippen LogP contribution in [0.4, 0.5) is 0 Å². The van der Waals surface area contributed by atoms with Crippen LogP contribution in [0.25, 0.3) is 0 Å². The molecule has 2 unspecified atom stereocenters. The van der Waals surface area contributed by atoms with Crippen LogP contribution in [0.3, 0.4) is 0 Å².